The van der Waals surface area contributed by atoms with E-state index >= 15 is 0 Å². The fourth-order valence-electron chi connectivity index (χ4n) is 4.03. The number of amides is 1. The van der Waals surface area contributed by atoms with Gasteiger partial charge in [-0.1, -0.05) is 65.7 Å². The van der Waals surface area contributed by atoms with Crippen LogP contribution in [0.5, 0.6) is 0 Å². The maximum atomic E-state index is 13.0. The van der Waals surface area contributed by atoms with Crippen LogP contribution in [0.15, 0.2) is 54.6 Å². The molecule has 0 N–H and O–H groups in total. The Bertz CT molecular complexity index is 1040. The topological polar surface area (TPSA) is 29.5 Å². The SMILES string of the molecule is O=C1c2cc(Cl)c(Cl)cc2C2(c3cccc4ccccc34)OCCN12. The summed E-state index contributed by atoms with van der Waals surface area (Å²) in [6.07, 6.45) is 0. The Morgan fingerprint density at radius 1 is 0.960 bits per heavy atom. The number of hydrogen-bond acceptors (Lipinski definition) is 2. The van der Waals surface area contributed by atoms with Crippen molar-refractivity contribution in [2.24, 2.45) is 0 Å². The fourth-order valence-corrected chi connectivity index (χ4v) is 4.35. The van der Waals surface area contributed by atoms with Gasteiger partial charge in [-0.2, -0.15) is 0 Å². The molecule has 1 fully saturated rings. The molecule has 5 heteroatoms. The molecule has 1 amide bonds. The van der Waals surface area contributed by atoms with Gasteiger partial charge in [0.15, 0.2) is 5.72 Å². The van der Waals surface area contributed by atoms with E-state index in [4.69, 9.17) is 27.9 Å². The average Bonchev–Trinajstić information content (AvgIpc) is 3.15. The quantitative estimate of drug-likeness (QED) is 0.614. The molecule has 3 nitrogen and oxygen atoms in total. The van der Waals surface area contributed by atoms with Gasteiger partial charge in [0.25, 0.3) is 5.91 Å². The average molecular weight is 370 g/mol. The van der Waals surface area contributed by atoms with Crippen LogP contribution in [0.2, 0.25) is 10.0 Å². The highest BCUT2D eigenvalue weighted by Gasteiger charge is 2.56. The first-order valence-electron chi connectivity index (χ1n) is 8.06. The Hall–Kier alpha value is -2.07. The highest BCUT2D eigenvalue weighted by atomic mass is 35.5. The molecule has 3 aromatic rings. The molecule has 0 spiro atoms. The number of carbonyl (C=O) groups excluding carboxylic acids is 1. The Kier molecular flexibility index (Phi) is 3.17. The summed E-state index contributed by atoms with van der Waals surface area (Å²) < 4.78 is 6.25. The molecule has 5 rings (SSSR count). The number of fused-ring (bicyclic) bond motifs is 4. The second-order valence-electron chi connectivity index (χ2n) is 6.29. The van der Waals surface area contributed by atoms with Gasteiger partial charge in [-0.25, -0.2) is 0 Å². The van der Waals surface area contributed by atoms with Crippen molar-refractivity contribution in [1.29, 1.82) is 0 Å². The van der Waals surface area contributed by atoms with Gasteiger partial charge in [-0.05, 0) is 22.9 Å². The van der Waals surface area contributed by atoms with Crippen LogP contribution in [0.4, 0.5) is 0 Å². The number of carbonyl (C=O) groups is 1. The Labute approximate surface area is 154 Å². The first kappa shape index (κ1) is 15.2. The number of ether oxygens (including phenoxy) is 1. The van der Waals surface area contributed by atoms with Gasteiger partial charge < -0.3 is 4.74 Å². The van der Waals surface area contributed by atoms with Gasteiger partial charge in [0.05, 0.1) is 16.7 Å². The monoisotopic (exact) mass is 369 g/mol. The third-order valence-corrected chi connectivity index (χ3v) is 5.78. The summed E-state index contributed by atoms with van der Waals surface area (Å²) in [6, 6.07) is 17.6. The van der Waals surface area contributed by atoms with Crippen molar-refractivity contribution in [3.63, 3.8) is 0 Å². The van der Waals surface area contributed by atoms with Crippen LogP contribution in [0.25, 0.3) is 10.8 Å². The van der Waals surface area contributed by atoms with Crippen LogP contribution in [-0.4, -0.2) is 24.0 Å². The predicted molar refractivity (Wildman–Crippen MR) is 98.2 cm³/mol. The molecule has 124 valence electrons. The Morgan fingerprint density at radius 3 is 2.60 bits per heavy atom. The lowest BCUT2D eigenvalue weighted by atomic mass is 9.90. The molecule has 1 saturated heterocycles. The van der Waals surface area contributed by atoms with Crippen molar-refractivity contribution < 1.29 is 9.53 Å². The van der Waals surface area contributed by atoms with Crippen LogP contribution < -0.4 is 0 Å². The normalized spacial score (nSPS) is 21.7. The second kappa shape index (κ2) is 5.21. The molecule has 1 unspecified atom stereocenters. The van der Waals surface area contributed by atoms with Crippen LogP contribution in [0.3, 0.4) is 0 Å². The highest BCUT2D eigenvalue weighted by Crippen LogP contribution is 2.51. The first-order chi connectivity index (χ1) is 12.1. The summed E-state index contributed by atoms with van der Waals surface area (Å²) in [7, 11) is 0. The minimum absolute atomic E-state index is 0.0704. The van der Waals surface area contributed by atoms with Crippen LogP contribution in [0.1, 0.15) is 21.5 Å². The third-order valence-electron chi connectivity index (χ3n) is 5.06. The lowest BCUT2D eigenvalue weighted by molar-refractivity contribution is -0.0292. The molecule has 0 bridgehead atoms. The summed E-state index contributed by atoms with van der Waals surface area (Å²) in [4.78, 5) is 14.8. The molecule has 25 heavy (non-hydrogen) atoms. The molecule has 3 aromatic carbocycles. The third kappa shape index (κ3) is 1.89. The molecule has 0 aromatic heterocycles. The van der Waals surface area contributed by atoms with Crippen molar-refractivity contribution in [3.8, 4) is 0 Å². The maximum Gasteiger partial charge on any atom is 0.257 e. The molecular formula is C20H13Cl2NO2. The molecule has 2 heterocycles. The van der Waals surface area contributed by atoms with E-state index in [0.29, 0.717) is 28.8 Å². The molecule has 2 aliphatic heterocycles. The maximum absolute atomic E-state index is 13.0. The van der Waals surface area contributed by atoms with Gasteiger partial charge in [0.1, 0.15) is 0 Å². The highest BCUT2D eigenvalue weighted by molar-refractivity contribution is 6.42. The summed E-state index contributed by atoms with van der Waals surface area (Å²) in [5, 5.41) is 2.96. The zero-order chi connectivity index (χ0) is 17.2. The number of benzene rings is 3. The number of hydrogen-bond donors (Lipinski definition) is 0. The van der Waals surface area contributed by atoms with E-state index < -0.39 is 5.72 Å². The van der Waals surface area contributed by atoms with Crippen molar-refractivity contribution in [2.45, 2.75) is 5.72 Å². The molecule has 0 radical (unpaired) electrons. The largest absolute Gasteiger partial charge is 0.345 e. The summed E-state index contributed by atoms with van der Waals surface area (Å²) in [6.45, 7) is 1.01. The zero-order valence-electron chi connectivity index (χ0n) is 13.1. The van der Waals surface area contributed by atoms with Crippen molar-refractivity contribution in [1.82, 2.24) is 4.90 Å². The molecular weight excluding hydrogens is 357 g/mol. The summed E-state index contributed by atoms with van der Waals surface area (Å²) in [5.41, 5.74) is 1.33. The zero-order valence-corrected chi connectivity index (χ0v) is 14.6. The Balaban J connectivity index is 1.88. The van der Waals surface area contributed by atoms with Gasteiger partial charge >= 0.3 is 0 Å². The van der Waals surface area contributed by atoms with Crippen molar-refractivity contribution in [3.05, 3.63) is 81.3 Å². The van der Waals surface area contributed by atoms with Crippen LogP contribution in [-0.2, 0) is 10.5 Å². The second-order valence-corrected chi connectivity index (χ2v) is 7.10. The summed E-state index contributed by atoms with van der Waals surface area (Å²) >= 11 is 12.4. The minimum Gasteiger partial charge on any atom is -0.345 e. The van der Waals surface area contributed by atoms with Crippen LogP contribution in [0, 0.1) is 0 Å². The number of rotatable bonds is 1. The Morgan fingerprint density at radius 2 is 1.72 bits per heavy atom. The predicted octanol–water partition coefficient (Wildman–Crippen LogP) is 4.83. The van der Waals surface area contributed by atoms with E-state index in [9.17, 15) is 4.79 Å². The van der Waals surface area contributed by atoms with E-state index in [1.54, 1.807) is 17.0 Å². The van der Waals surface area contributed by atoms with Crippen molar-refractivity contribution >= 4 is 39.9 Å². The van der Waals surface area contributed by atoms with E-state index in [2.05, 4.69) is 18.2 Å². The molecule has 0 saturated carbocycles. The van der Waals surface area contributed by atoms with Gasteiger partial charge in [0.2, 0.25) is 0 Å². The van der Waals surface area contributed by atoms with Gasteiger partial charge in [-0.15, -0.1) is 0 Å². The van der Waals surface area contributed by atoms with E-state index in [1.165, 1.54) is 0 Å². The lowest BCUT2D eigenvalue weighted by Crippen LogP contribution is -2.40. The van der Waals surface area contributed by atoms with Gasteiger partial charge in [-0.3, -0.25) is 9.69 Å². The first-order valence-corrected chi connectivity index (χ1v) is 8.82. The molecule has 2 aliphatic rings. The van der Waals surface area contributed by atoms with Gasteiger partial charge in [0, 0.05) is 23.2 Å². The lowest BCUT2D eigenvalue weighted by Gasteiger charge is -2.33. The van der Waals surface area contributed by atoms with Crippen molar-refractivity contribution in [2.75, 3.05) is 13.2 Å². The van der Waals surface area contributed by atoms with E-state index in [0.717, 1.165) is 21.9 Å². The summed E-state index contributed by atoms with van der Waals surface area (Å²) in [5.74, 6) is -0.0704. The molecule has 0 aliphatic carbocycles. The van der Waals surface area contributed by atoms with E-state index in [-0.39, 0.29) is 5.91 Å². The smallest absolute Gasteiger partial charge is 0.257 e. The number of halogens is 2. The van der Waals surface area contributed by atoms with Crippen LogP contribution >= 0.6 is 23.2 Å². The molecule has 1 atom stereocenters. The standard InChI is InChI=1S/C20H13Cl2NO2/c21-17-10-14-16(11-18(17)22)20(23(19(14)24)8-9-25-20)15-7-3-5-12-4-1-2-6-13(12)15/h1-7,10-11H,8-9H2. The fraction of sp³-hybridized carbons (Fsp3) is 0.150. The van der Waals surface area contributed by atoms with E-state index in [1.807, 2.05) is 24.3 Å². The number of nitrogens with zero attached hydrogens (tertiary/aromatic N) is 1. The minimum atomic E-state index is -0.943.